The maximum Gasteiger partial charge on any atom is 0.309 e. The van der Waals surface area contributed by atoms with Crippen LogP contribution in [0.5, 0.6) is 0 Å². The molecule has 0 bridgehead atoms. The van der Waals surface area contributed by atoms with Gasteiger partial charge >= 0.3 is 11.8 Å². The Hall–Kier alpha value is -1.92. The number of carbonyl (C=O) groups excluding carboxylic acids is 2. The number of piperidine rings is 1. The summed E-state index contributed by atoms with van der Waals surface area (Å²) in [5.74, 6) is -0.656. The van der Waals surface area contributed by atoms with Crippen LogP contribution < -0.4 is 10.6 Å². The second kappa shape index (κ2) is 8.97. The summed E-state index contributed by atoms with van der Waals surface area (Å²) in [6.07, 6.45) is 3.24. The Morgan fingerprint density at radius 2 is 1.76 bits per heavy atom. The molecule has 1 aromatic carbocycles. The second-order valence-electron chi connectivity index (χ2n) is 6.88. The summed E-state index contributed by atoms with van der Waals surface area (Å²) in [4.78, 5) is 26.3. The van der Waals surface area contributed by atoms with Crippen LogP contribution in [0.1, 0.15) is 24.8 Å². The van der Waals surface area contributed by atoms with Gasteiger partial charge in [0.05, 0.1) is 6.61 Å². The molecule has 2 amide bonds. The van der Waals surface area contributed by atoms with Gasteiger partial charge in [0.15, 0.2) is 0 Å². The third kappa shape index (κ3) is 5.28. The Balaban J connectivity index is 1.33. The van der Waals surface area contributed by atoms with Gasteiger partial charge in [0.25, 0.3) is 0 Å². The number of hydrogen-bond acceptors (Lipinski definition) is 4. The van der Waals surface area contributed by atoms with Gasteiger partial charge in [-0.1, -0.05) is 30.3 Å². The van der Waals surface area contributed by atoms with Gasteiger partial charge in [-0.15, -0.1) is 0 Å². The zero-order valence-corrected chi connectivity index (χ0v) is 14.6. The molecule has 0 unspecified atom stereocenters. The van der Waals surface area contributed by atoms with Crippen molar-refractivity contribution in [1.82, 2.24) is 15.5 Å². The molecule has 6 heteroatoms. The fourth-order valence-electron chi connectivity index (χ4n) is 3.51. The van der Waals surface area contributed by atoms with Crippen molar-refractivity contribution in [3.8, 4) is 0 Å². The molecule has 0 spiro atoms. The minimum absolute atomic E-state index is 0.370. The van der Waals surface area contributed by atoms with E-state index >= 15 is 0 Å². The predicted molar refractivity (Wildman–Crippen MR) is 94.8 cm³/mol. The zero-order chi connectivity index (χ0) is 17.5. The lowest BCUT2D eigenvalue weighted by atomic mass is 9.95. The molecule has 0 saturated carbocycles. The van der Waals surface area contributed by atoms with E-state index in [9.17, 15) is 9.59 Å². The molecule has 2 aliphatic rings. The minimum atomic E-state index is -0.565. The van der Waals surface area contributed by atoms with E-state index in [-0.39, 0.29) is 0 Å². The zero-order valence-electron chi connectivity index (χ0n) is 14.6. The van der Waals surface area contributed by atoms with E-state index < -0.39 is 11.8 Å². The van der Waals surface area contributed by atoms with Crippen molar-refractivity contribution in [2.75, 3.05) is 32.8 Å². The maximum absolute atomic E-state index is 11.9. The van der Waals surface area contributed by atoms with Crippen molar-refractivity contribution in [3.05, 3.63) is 35.9 Å². The van der Waals surface area contributed by atoms with Crippen molar-refractivity contribution < 1.29 is 14.3 Å². The molecule has 2 fully saturated rings. The molecule has 2 saturated heterocycles. The highest BCUT2D eigenvalue weighted by molar-refractivity contribution is 6.35. The summed E-state index contributed by atoms with van der Waals surface area (Å²) in [5, 5.41) is 5.44. The van der Waals surface area contributed by atoms with Gasteiger partial charge in [-0.25, -0.2) is 0 Å². The molecule has 2 aliphatic heterocycles. The van der Waals surface area contributed by atoms with Crippen LogP contribution in [0.3, 0.4) is 0 Å². The molecular formula is C19H27N3O3. The first kappa shape index (κ1) is 17.9. The number of benzene rings is 1. The lowest BCUT2D eigenvalue weighted by Gasteiger charge is -2.35. The number of ether oxygens (including phenoxy) is 1. The quantitative estimate of drug-likeness (QED) is 0.779. The molecule has 0 radical (unpaired) electrons. The van der Waals surface area contributed by atoms with E-state index in [1.807, 2.05) is 30.3 Å². The van der Waals surface area contributed by atoms with Gasteiger partial charge in [-0.05, 0) is 43.8 Å². The maximum atomic E-state index is 11.9. The smallest absolute Gasteiger partial charge is 0.309 e. The van der Waals surface area contributed by atoms with Crippen molar-refractivity contribution >= 4 is 11.8 Å². The first-order valence-corrected chi connectivity index (χ1v) is 9.14. The highest BCUT2D eigenvalue weighted by atomic mass is 16.5. The average molecular weight is 345 g/mol. The first-order chi connectivity index (χ1) is 12.2. The third-order valence-electron chi connectivity index (χ3n) is 5.12. The Kier molecular flexibility index (Phi) is 6.42. The fraction of sp³-hybridized carbons (Fsp3) is 0.579. The largest absolute Gasteiger partial charge is 0.380 e. The summed E-state index contributed by atoms with van der Waals surface area (Å²) in [6.45, 7) is 4.77. The van der Waals surface area contributed by atoms with Crippen molar-refractivity contribution in [2.24, 2.45) is 5.92 Å². The average Bonchev–Trinajstić information content (AvgIpc) is 3.20. The SMILES string of the molecule is O=C(NCc1ccccc1)C(=O)NCC1CCN([C@@H]2CCOC2)CC1. The number of rotatable bonds is 5. The molecule has 0 aliphatic carbocycles. The molecule has 3 rings (SSSR count). The van der Waals surface area contributed by atoms with Crippen LogP contribution in [-0.2, 0) is 20.9 Å². The molecule has 25 heavy (non-hydrogen) atoms. The summed E-state index contributed by atoms with van der Waals surface area (Å²) in [7, 11) is 0. The Labute approximate surface area is 148 Å². The van der Waals surface area contributed by atoms with Gasteiger partial charge in [-0.2, -0.15) is 0 Å². The number of nitrogens with zero attached hydrogens (tertiary/aromatic N) is 1. The second-order valence-corrected chi connectivity index (χ2v) is 6.88. The lowest BCUT2D eigenvalue weighted by molar-refractivity contribution is -0.139. The predicted octanol–water partition coefficient (Wildman–Crippen LogP) is 0.920. The molecular weight excluding hydrogens is 318 g/mol. The third-order valence-corrected chi connectivity index (χ3v) is 5.12. The number of carbonyl (C=O) groups is 2. The monoisotopic (exact) mass is 345 g/mol. The van der Waals surface area contributed by atoms with Crippen LogP contribution in [0.2, 0.25) is 0 Å². The van der Waals surface area contributed by atoms with Crippen LogP contribution >= 0.6 is 0 Å². The summed E-state index contributed by atoms with van der Waals surface area (Å²) < 4.78 is 5.45. The highest BCUT2D eigenvalue weighted by Crippen LogP contribution is 2.21. The van der Waals surface area contributed by atoms with Crippen LogP contribution in [0, 0.1) is 5.92 Å². The van der Waals surface area contributed by atoms with Crippen LogP contribution in [0.15, 0.2) is 30.3 Å². The number of likely N-dealkylation sites (tertiary alicyclic amines) is 1. The van der Waals surface area contributed by atoms with Crippen LogP contribution in [0.25, 0.3) is 0 Å². The van der Waals surface area contributed by atoms with Crippen molar-refractivity contribution in [1.29, 1.82) is 0 Å². The van der Waals surface area contributed by atoms with E-state index in [2.05, 4.69) is 15.5 Å². The van der Waals surface area contributed by atoms with Gasteiger partial charge < -0.3 is 15.4 Å². The minimum Gasteiger partial charge on any atom is -0.380 e. The molecule has 136 valence electrons. The fourth-order valence-corrected chi connectivity index (χ4v) is 3.51. The molecule has 2 N–H and O–H groups in total. The van der Waals surface area contributed by atoms with E-state index in [0.717, 1.165) is 51.1 Å². The van der Waals surface area contributed by atoms with Gasteiger partial charge in [0, 0.05) is 25.7 Å². The van der Waals surface area contributed by atoms with Crippen molar-refractivity contribution in [2.45, 2.75) is 31.8 Å². The van der Waals surface area contributed by atoms with Gasteiger partial charge in [-0.3, -0.25) is 14.5 Å². The van der Waals surface area contributed by atoms with E-state index in [1.165, 1.54) is 0 Å². The Morgan fingerprint density at radius 3 is 2.44 bits per heavy atom. The van der Waals surface area contributed by atoms with Crippen LogP contribution in [-0.4, -0.2) is 55.6 Å². The number of amides is 2. The standard InChI is InChI=1S/C19H27N3O3/c23-18(20-12-15-4-2-1-3-5-15)19(24)21-13-16-6-9-22(10-7-16)17-8-11-25-14-17/h1-5,16-17H,6-14H2,(H,20,23)(H,21,24)/t17-/m1/s1. The summed E-state index contributed by atoms with van der Waals surface area (Å²) in [5.41, 5.74) is 0.979. The van der Waals surface area contributed by atoms with E-state index in [1.54, 1.807) is 0 Å². The Bertz CT molecular complexity index is 565. The molecule has 2 heterocycles. The molecule has 6 nitrogen and oxygen atoms in total. The van der Waals surface area contributed by atoms with Gasteiger partial charge in [0.1, 0.15) is 0 Å². The Morgan fingerprint density at radius 1 is 1.04 bits per heavy atom. The van der Waals surface area contributed by atoms with E-state index in [4.69, 9.17) is 4.74 Å². The topological polar surface area (TPSA) is 70.7 Å². The molecule has 1 aromatic rings. The van der Waals surface area contributed by atoms with Crippen molar-refractivity contribution in [3.63, 3.8) is 0 Å². The van der Waals surface area contributed by atoms with Gasteiger partial charge in [0.2, 0.25) is 0 Å². The highest BCUT2D eigenvalue weighted by Gasteiger charge is 2.28. The molecule has 1 atom stereocenters. The summed E-state index contributed by atoms with van der Waals surface area (Å²) >= 11 is 0. The van der Waals surface area contributed by atoms with E-state index in [0.29, 0.717) is 25.0 Å². The normalized spacial score (nSPS) is 21.8. The first-order valence-electron chi connectivity index (χ1n) is 9.14. The molecule has 0 aromatic heterocycles. The number of hydrogen-bond donors (Lipinski definition) is 2. The lowest BCUT2D eigenvalue weighted by Crippen LogP contribution is -2.45. The number of nitrogens with one attached hydrogen (secondary N) is 2. The van der Waals surface area contributed by atoms with Crippen LogP contribution in [0.4, 0.5) is 0 Å². The summed E-state index contributed by atoms with van der Waals surface area (Å²) in [6, 6.07) is 10.1.